The Labute approximate surface area is 138 Å². The Hall–Kier alpha value is -1.26. The van der Waals surface area contributed by atoms with E-state index in [0.717, 1.165) is 21.3 Å². The summed E-state index contributed by atoms with van der Waals surface area (Å²) in [5, 5.41) is 0.637. The summed E-state index contributed by atoms with van der Waals surface area (Å²) in [4.78, 5) is 12.3. The first-order valence-electron chi connectivity index (χ1n) is 6.54. The van der Waals surface area contributed by atoms with Crippen LogP contribution in [0.25, 0.3) is 11.3 Å². The average molecular weight is 371 g/mol. The first kappa shape index (κ1) is 16.1. The summed E-state index contributed by atoms with van der Waals surface area (Å²) in [6, 6.07) is 7.56. The molecule has 0 aliphatic heterocycles. The van der Waals surface area contributed by atoms with Gasteiger partial charge in [-0.1, -0.05) is 11.6 Å². The van der Waals surface area contributed by atoms with E-state index >= 15 is 0 Å². The fourth-order valence-electron chi connectivity index (χ4n) is 2.00. The second-order valence-electron chi connectivity index (χ2n) is 5.91. The van der Waals surface area contributed by atoms with E-state index in [9.17, 15) is 4.79 Å². The highest BCUT2D eigenvalue weighted by Gasteiger charge is 2.21. The highest BCUT2D eigenvalue weighted by atomic mass is 79.9. The molecule has 1 aromatic carbocycles. The summed E-state index contributed by atoms with van der Waals surface area (Å²) in [7, 11) is 0. The standard InChI is InChI=1S/C16H17BrClNO2/c1-10-5-11(7-13(18)6-10)14-8-12(17)9-19(14)15(20)21-16(2,3)4/h5-9H,1-4H3. The number of halogens is 2. The van der Waals surface area contributed by atoms with Crippen LogP contribution in [-0.2, 0) is 4.74 Å². The van der Waals surface area contributed by atoms with E-state index in [-0.39, 0.29) is 0 Å². The van der Waals surface area contributed by atoms with Crippen molar-refractivity contribution in [2.45, 2.75) is 33.3 Å². The van der Waals surface area contributed by atoms with Crippen molar-refractivity contribution in [3.63, 3.8) is 0 Å². The number of benzene rings is 1. The summed E-state index contributed by atoms with van der Waals surface area (Å²) < 4.78 is 7.72. The molecule has 0 radical (unpaired) electrons. The topological polar surface area (TPSA) is 31.2 Å². The van der Waals surface area contributed by atoms with Crippen LogP contribution in [0.4, 0.5) is 4.79 Å². The van der Waals surface area contributed by atoms with Gasteiger partial charge in [-0.25, -0.2) is 4.79 Å². The average Bonchev–Trinajstić information content (AvgIpc) is 2.68. The van der Waals surface area contributed by atoms with Gasteiger partial charge in [0.2, 0.25) is 0 Å². The van der Waals surface area contributed by atoms with Crippen molar-refractivity contribution in [2.75, 3.05) is 0 Å². The minimum atomic E-state index is -0.546. The SMILES string of the molecule is Cc1cc(Cl)cc(-c2cc(Br)cn2C(=O)OC(C)(C)C)c1. The van der Waals surface area contributed by atoms with E-state index < -0.39 is 11.7 Å². The lowest BCUT2D eigenvalue weighted by Gasteiger charge is -2.20. The number of hydrogen-bond donors (Lipinski definition) is 0. The predicted molar refractivity (Wildman–Crippen MR) is 88.9 cm³/mol. The lowest BCUT2D eigenvalue weighted by atomic mass is 10.1. The van der Waals surface area contributed by atoms with E-state index in [4.69, 9.17) is 16.3 Å². The van der Waals surface area contributed by atoms with E-state index in [1.807, 2.05) is 52.0 Å². The summed E-state index contributed by atoms with van der Waals surface area (Å²) in [6.07, 6.45) is 1.28. The Bertz CT molecular complexity index is 666. The largest absolute Gasteiger partial charge is 0.443 e. The molecule has 0 bridgehead atoms. The smallest absolute Gasteiger partial charge is 0.419 e. The molecule has 0 atom stereocenters. The zero-order chi connectivity index (χ0) is 15.8. The van der Waals surface area contributed by atoms with Crippen molar-refractivity contribution >= 4 is 33.6 Å². The minimum absolute atomic E-state index is 0.416. The maximum atomic E-state index is 12.3. The summed E-state index contributed by atoms with van der Waals surface area (Å²) in [5.74, 6) is 0. The molecule has 0 fully saturated rings. The normalized spacial score (nSPS) is 11.5. The van der Waals surface area contributed by atoms with E-state index in [0.29, 0.717) is 5.02 Å². The van der Waals surface area contributed by atoms with E-state index in [1.54, 1.807) is 6.20 Å². The van der Waals surface area contributed by atoms with Crippen LogP contribution < -0.4 is 0 Å². The molecule has 0 N–H and O–H groups in total. The number of ether oxygens (including phenoxy) is 1. The van der Waals surface area contributed by atoms with Crippen molar-refractivity contribution < 1.29 is 9.53 Å². The van der Waals surface area contributed by atoms with Crippen LogP contribution in [0.15, 0.2) is 34.9 Å². The van der Waals surface area contributed by atoms with Gasteiger partial charge in [-0.05, 0) is 73.5 Å². The summed E-state index contributed by atoms with van der Waals surface area (Å²) in [5.41, 5.74) is 2.10. The molecular formula is C16H17BrClNO2. The van der Waals surface area contributed by atoms with Gasteiger partial charge in [-0.15, -0.1) is 0 Å². The molecule has 112 valence electrons. The molecule has 0 unspecified atom stereocenters. The molecule has 0 spiro atoms. The second kappa shape index (κ2) is 5.85. The van der Waals surface area contributed by atoms with Crippen LogP contribution >= 0.6 is 27.5 Å². The van der Waals surface area contributed by atoms with Gasteiger partial charge in [-0.2, -0.15) is 0 Å². The molecule has 3 nitrogen and oxygen atoms in total. The lowest BCUT2D eigenvalue weighted by molar-refractivity contribution is 0.0540. The maximum absolute atomic E-state index is 12.3. The van der Waals surface area contributed by atoms with Gasteiger partial charge >= 0.3 is 6.09 Å². The number of aryl methyl sites for hydroxylation is 1. The maximum Gasteiger partial charge on any atom is 0.419 e. The Morgan fingerprint density at radius 2 is 1.90 bits per heavy atom. The summed E-state index contributed by atoms with van der Waals surface area (Å²) in [6.45, 7) is 7.48. The molecule has 0 aliphatic carbocycles. The number of rotatable bonds is 1. The first-order valence-corrected chi connectivity index (χ1v) is 7.71. The number of aromatic nitrogens is 1. The molecule has 0 aliphatic rings. The van der Waals surface area contributed by atoms with Gasteiger partial charge in [0.05, 0.1) is 5.69 Å². The van der Waals surface area contributed by atoms with Gasteiger partial charge < -0.3 is 4.74 Å². The fraction of sp³-hybridized carbons (Fsp3) is 0.312. The van der Waals surface area contributed by atoms with Gasteiger partial charge in [-0.3, -0.25) is 4.57 Å². The van der Waals surface area contributed by atoms with Gasteiger partial charge in [0.15, 0.2) is 0 Å². The Morgan fingerprint density at radius 1 is 1.24 bits per heavy atom. The molecule has 1 heterocycles. The summed E-state index contributed by atoms with van der Waals surface area (Å²) >= 11 is 9.51. The van der Waals surface area contributed by atoms with Crippen LogP contribution in [0.2, 0.25) is 5.02 Å². The lowest BCUT2D eigenvalue weighted by Crippen LogP contribution is -2.27. The first-order chi connectivity index (χ1) is 9.65. The quantitative estimate of drug-likeness (QED) is 0.648. The van der Waals surface area contributed by atoms with Crippen LogP contribution in [0.5, 0.6) is 0 Å². The van der Waals surface area contributed by atoms with Crippen LogP contribution in [0.3, 0.4) is 0 Å². The van der Waals surface area contributed by atoms with Crippen molar-refractivity contribution in [1.29, 1.82) is 0 Å². The van der Waals surface area contributed by atoms with Crippen LogP contribution in [-0.4, -0.2) is 16.3 Å². The molecule has 0 amide bonds. The molecule has 0 saturated heterocycles. The van der Waals surface area contributed by atoms with Crippen molar-refractivity contribution in [1.82, 2.24) is 4.57 Å². The number of carbonyl (C=O) groups is 1. The molecule has 2 rings (SSSR count). The van der Waals surface area contributed by atoms with Crippen molar-refractivity contribution in [2.24, 2.45) is 0 Å². The van der Waals surface area contributed by atoms with Gasteiger partial charge in [0, 0.05) is 21.3 Å². The Morgan fingerprint density at radius 3 is 2.48 bits per heavy atom. The van der Waals surface area contributed by atoms with E-state index in [2.05, 4.69) is 15.9 Å². The fourth-order valence-corrected chi connectivity index (χ4v) is 2.71. The monoisotopic (exact) mass is 369 g/mol. The Kier molecular flexibility index (Phi) is 4.49. The molecule has 21 heavy (non-hydrogen) atoms. The molecule has 5 heteroatoms. The number of hydrogen-bond acceptors (Lipinski definition) is 2. The predicted octanol–water partition coefficient (Wildman–Crippen LogP) is 5.66. The molecule has 0 saturated carbocycles. The third kappa shape index (κ3) is 4.11. The molecule has 2 aromatic rings. The van der Waals surface area contributed by atoms with Crippen LogP contribution in [0, 0.1) is 6.92 Å². The van der Waals surface area contributed by atoms with Crippen LogP contribution in [0.1, 0.15) is 26.3 Å². The second-order valence-corrected chi connectivity index (χ2v) is 7.26. The Balaban J connectivity index is 2.48. The minimum Gasteiger partial charge on any atom is -0.443 e. The van der Waals surface area contributed by atoms with Gasteiger partial charge in [0.1, 0.15) is 5.60 Å². The zero-order valence-electron chi connectivity index (χ0n) is 12.4. The number of nitrogens with zero attached hydrogens (tertiary/aromatic N) is 1. The van der Waals surface area contributed by atoms with Crippen molar-refractivity contribution in [3.05, 3.63) is 45.5 Å². The highest BCUT2D eigenvalue weighted by Crippen LogP contribution is 2.29. The zero-order valence-corrected chi connectivity index (χ0v) is 14.7. The van der Waals surface area contributed by atoms with Gasteiger partial charge in [0.25, 0.3) is 0 Å². The number of carbonyl (C=O) groups excluding carboxylic acids is 1. The van der Waals surface area contributed by atoms with E-state index in [1.165, 1.54) is 4.57 Å². The third-order valence-corrected chi connectivity index (χ3v) is 3.37. The molecular weight excluding hydrogens is 354 g/mol. The highest BCUT2D eigenvalue weighted by molar-refractivity contribution is 9.10. The van der Waals surface area contributed by atoms with Crippen molar-refractivity contribution in [3.8, 4) is 11.3 Å². The third-order valence-electron chi connectivity index (χ3n) is 2.71. The molecule has 1 aromatic heterocycles.